The van der Waals surface area contributed by atoms with Crippen LogP contribution in [-0.2, 0) is 21.4 Å². The van der Waals surface area contributed by atoms with Gasteiger partial charge in [-0.05, 0) is 59.4 Å². The predicted molar refractivity (Wildman–Crippen MR) is 116 cm³/mol. The molecule has 5 nitrogen and oxygen atoms in total. The molecule has 0 bridgehead atoms. The molecule has 0 aliphatic carbocycles. The van der Waals surface area contributed by atoms with Crippen molar-refractivity contribution in [1.82, 2.24) is 4.31 Å². The monoisotopic (exact) mass is 420 g/mol. The molecule has 0 unspecified atom stereocenters. The average Bonchev–Trinajstić information content (AvgIpc) is 2.79. The van der Waals surface area contributed by atoms with Crippen LogP contribution in [0.1, 0.15) is 24.0 Å². The summed E-state index contributed by atoms with van der Waals surface area (Å²) in [5.74, 6) is 0.353. The van der Waals surface area contributed by atoms with E-state index in [0.717, 1.165) is 29.2 Å². The fourth-order valence-electron chi connectivity index (χ4n) is 3.81. The standard InChI is InChI=1S/C24H24N2O3S/c25-16-19-5-7-20(8-6-19)17-29-18-21-11-13-26(14-12-21)30(27,28)24-10-9-22-3-1-2-4-23(22)15-24/h1-10,15,21H,11-14,17-18H2. The Bertz CT molecular complexity index is 1160. The van der Waals surface area contributed by atoms with Gasteiger partial charge >= 0.3 is 0 Å². The largest absolute Gasteiger partial charge is 0.376 e. The number of nitrogens with zero attached hydrogens (tertiary/aromatic N) is 2. The summed E-state index contributed by atoms with van der Waals surface area (Å²) in [7, 11) is -3.48. The fourth-order valence-corrected chi connectivity index (χ4v) is 5.32. The van der Waals surface area contributed by atoms with E-state index in [4.69, 9.17) is 10.00 Å². The van der Waals surface area contributed by atoms with Crippen molar-refractivity contribution in [3.63, 3.8) is 0 Å². The lowest BCUT2D eigenvalue weighted by atomic mass is 9.99. The zero-order valence-electron chi connectivity index (χ0n) is 16.7. The summed E-state index contributed by atoms with van der Waals surface area (Å²) in [6, 6.07) is 22.6. The highest BCUT2D eigenvalue weighted by Gasteiger charge is 2.29. The smallest absolute Gasteiger partial charge is 0.243 e. The highest BCUT2D eigenvalue weighted by Crippen LogP contribution is 2.26. The molecule has 6 heteroatoms. The second-order valence-electron chi connectivity index (χ2n) is 7.68. The van der Waals surface area contributed by atoms with Gasteiger partial charge in [-0.3, -0.25) is 0 Å². The van der Waals surface area contributed by atoms with Crippen molar-refractivity contribution in [2.45, 2.75) is 24.3 Å². The van der Waals surface area contributed by atoms with Crippen molar-refractivity contribution in [2.75, 3.05) is 19.7 Å². The van der Waals surface area contributed by atoms with Crippen molar-refractivity contribution < 1.29 is 13.2 Å². The molecule has 1 saturated heterocycles. The predicted octanol–water partition coefficient (Wildman–Crippen LogP) is 4.33. The summed E-state index contributed by atoms with van der Waals surface area (Å²) in [6.45, 7) is 2.14. The Morgan fingerprint density at radius 3 is 2.37 bits per heavy atom. The minimum absolute atomic E-state index is 0.353. The van der Waals surface area contributed by atoms with Crippen LogP contribution in [0, 0.1) is 17.2 Å². The lowest BCUT2D eigenvalue weighted by Gasteiger charge is -2.31. The molecule has 0 atom stereocenters. The topological polar surface area (TPSA) is 70.4 Å². The second-order valence-corrected chi connectivity index (χ2v) is 9.62. The molecule has 1 fully saturated rings. The van der Waals surface area contributed by atoms with E-state index in [1.54, 1.807) is 28.6 Å². The molecule has 30 heavy (non-hydrogen) atoms. The Hall–Kier alpha value is -2.72. The second kappa shape index (κ2) is 8.97. The molecule has 3 aromatic rings. The van der Waals surface area contributed by atoms with Gasteiger partial charge in [-0.1, -0.05) is 42.5 Å². The van der Waals surface area contributed by atoms with Gasteiger partial charge < -0.3 is 4.74 Å². The van der Waals surface area contributed by atoms with Crippen LogP contribution in [-0.4, -0.2) is 32.4 Å². The molecule has 154 valence electrons. The number of hydrogen-bond donors (Lipinski definition) is 0. The summed E-state index contributed by atoms with van der Waals surface area (Å²) < 4.78 is 33.5. The number of fused-ring (bicyclic) bond motifs is 1. The van der Waals surface area contributed by atoms with E-state index in [2.05, 4.69) is 6.07 Å². The van der Waals surface area contributed by atoms with Crippen LogP contribution in [0.5, 0.6) is 0 Å². The summed E-state index contributed by atoms with van der Waals surface area (Å²) in [5, 5.41) is 10.8. The third kappa shape index (κ3) is 4.54. The van der Waals surface area contributed by atoms with Gasteiger partial charge in [-0.25, -0.2) is 8.42 Å². The first-order valence-corrected chi connectivity index (χ1v) is 11.6. The average molecular weight is 421 g/mol. The number of hydrogen-bond acceptors (Lipinski definition) is 4. The number of sulfonamides is 1. The lowest BCUT2D eigenvalue weighted by molar-refractivity contribution is 0.0688. The first kappa shape index (κ1) is 20.5. The van der Waals surface area contributed by atoms with Crippen LogP contribution >= 0.6 is 0 Å². The Morgan fingerprint density at radius 2 is 1.67 bits per heavy atom. The summed E-state index contributed by atoms with van der Waals surface area (Å²) in [5.41, 5.74) is 1.67. The first-order chi connectivity index (χ1) is 14.6. The third-order valence-electron chi connectivity index (χ3n) is 5.64. The van der Waals surface area contributed by atoms with Crippen molar-refractivity contribution in [3.8, 4) is 6.07 Å². The highest BCUT2D eigenvalue weighted by molar-refractivity contribution is 7.89. The maximum Gasteiger partial charge on any atom is 0.243 e. The van der Waals surface area contributed by atoms with E-state index in [1.807, 2.05) is 42.5 Å². The molecule has 0 amide bonds. The minimum Gasteiger partial charge on any atom is -0.376 e. The molecule has 0 aromatic heterocycles. The normalized spacial score (nSPS) is 15.8. The Morgan fingerprint density at radius 1 is 0.967 bits per heavy atom. The fraction of sp³-hybridized carbons (Fsp3) is 0.292. The highest BCUT2D eigenvalue weighted by atomic mass is 32.2. The molecule has 1 heterocycles. The molecule has 0 spiro atoms. The quantitative estimate of drug-likeness (QED) is 0.595. The van der Waals surface area contributed by atoms with E-state index >= 15 is 0 Å². The van der Waals surface area contributed by atoms with Crippen LogP contribution in [0.2, 0.25) is 0 Å². The molecule has 0 saturated carbocycles. The number of rotatable bonds is 6. The molecular weight excluding hydrogens is 396 g/mol. The van der Waals surface area contributed by atoms with E-state index in [0.29, 0.717) is 42.7 Å². The Balaban J connectivity index is 1.31. The van der Waals surface area contributed by atoms with Crippen molar-refractivity contribution in [3.05, 3.63) is 77.9 Å². The maximum atomic E-state index is 13.1. The molecule has 3 aromatic carbocycles. The van der Waals surface area contributed by atoms with Crippen LogP contribution in [0.3, 0.4) is 0 Å². The summed E-state index contributed by atoms with van der Waals surface area (Å²) >= 11 is 0. The lowest BCUT2D eigenvalue weighted by Crippen LogP contribution is -2.39. The third-order valence-corrected chi connectivity index (χ3v) is 7.53. The SMILES string of the molecule is N#Cc1ccc(COCC2CCN(S(=O)(=O)c3ccc4ccccc4c3)CC2)cc1. The first-order valence-electron chi connectivity index (χ1n) is 10.1. The van der Waals surface area contributed by atoms with Crippen LogP contribution in [0.25, 0.3) is 10.8 Å². The van der Waals surface area contributed by atoms with Crippen LogP contribution in [0.4, 0.5) is 0 Å². The summed E-state index contributed by atoms with van der Waals surface area (Å²) in [6.07, 6.45) is 1.58. The minimum atomic E-state index is -3.48. The number of piperidine rings is 1. The van der Waals surface area contributed by atoms with Crippen molar-refractivity contribution in [2.24, 2.45) is 5.92 Å². The van der Waals surface area contributed by atoms with E-state index < -0.39 is 10.0 Å². The number of ether oxygens (including phenoxy) is 1. The van der Waals surface area contributed by atoms with Gasteiger partial charge in [0.2, 0.25) is 10.0 Å². The molecule has 4 rings (SSSR count). The maximum absolute atomic E-state index is 13.1. The van der Waals surface area contributed by atoms with Gasteiger partial charge in [0.15, 0.2) is 0 Å². The summed E-state index contributed by atoms with van der Waals surface area (Å²) in [4.78, 5) is 0.358. The van der Waals surface area contributed by atoms with Gasteiger partial charge in [0.25, 0.3) is 0 Å². The van der Waals surface area contributed by atoms with Gasteiger partial charge in [0.1, 0.15) is 0 Å². The zero-order valence-corrected chi connectivity index (χ0v) is 17.5. The molecular formula is C24H24N2O3S. The van der Waals surface area contributed by atoms with E-state index in [-0.39, 0.29) is 0 Å². The molecule has 1 aliphatic heterocycles. The number of nitriles is 1. The molecule has 0 radical (unpaired) electrons. The number of benzene rings is 3. The Kier molecular flexibility index (Phi) is 6.14. The van der Waals surface area contributed by atoms with Gasteiger partial charge in [-0.15, -0.1) is 0 Å². The van der Waals surface area contributed by atoms with Crippen LogP contribution < -0.4 is 0 Å². The van der Waals surface area contributed by atoms with Gasteiger partial charge in [-0.2, -0.15) is 9.57 Å². The van der Waals surface area contributed by atoms with E-state index in [9.17, 15) is 8.42 Å². The zero-order chi connectivity index (χ0) is 21.0. The van der Waals surface area contributed by atoms with Gasteiger partial charge in [0.05, 0.1) is 23.1 Å². The van der Waals surface area contributed by atoms with E-state index in [1.165, 1.54) is 0 Å². The molecule has 1 aliphatic rings. The van der Waals surface area contributed by atoms with Gasteiger partial charge in [0, 0.05) is 19.7 Å². The Labute approximate surface area is 177 Å². The molecule has 0 N–H and O–H groups in total. The van der Waals surface area contributed by atoms with Crippen molar-refractivity contribution >= 4 is 20.8 Å². The van der Waals surface area contributed by atoms with Crippen LogP contribution in [0.15, 0.2) is 71.6 Å². The van der Waals surface area contributed by atoms with Crippen molar-refractivity contribution in [1.29, 1.82) is 5.26 Å².